The van der Waals surface area contributed by atoms with Gasteiger partial charge in [0, 0.05) is 23.8 Å². The molecule has 0 radical (unpaired) electrons. The second kappa shape index (κ2) is 5.44. The Morgan fingerprint density at radius 2 is 2.22 bits per heavy atom. The van der Waals surface area contributed by atoms with Crippen LogP contribution < -0.4 is 16.0 Å². The molecule has 0 aromatic carbocycles. The summed E-state index contributed by atoms with van der Waals surface area (Å²) < 4.78 is 26.6. The third-order valence-corrected chi connectivity index (χ3v) is 4.55. The fraction of sp³-hybridized carbons (Fsp3) is 0.100. The summed E-state index contributed by atoms with van der Waals surface area (Å²) in [6.07, 6.45) is 2.72. The molecule has 0 aliphatic rings. The Morgan fingerprint density at radius 1 is 1.39 bits per heavy atom. The quantitative estimate of drug-likeness (QED) is 0.560. The van der Waals surface area contributed by atoms with Crippen LogP contribution in [0, 0.1) is 0 Å². The van der Waals surface area contributed by atoms with Gasteiger partial charge in [-0.15, -0.1) is 11.3 Å². The van der Waals surface area contributed by atoms with Gasteiger partial charge in [0.25, 0.3) is 0 Å². The monoisotopic (exact) mass is 284 g/mol. The first kappa shape index (κ1) is 13.0. The number of aromatic nitrogens is 1. The highest BCUT2D eigenvalue weighted by Crippen LogP contribution is 2.18. The first-order valence-corrected chi connectivity index (χ1v) is 7.42. The van der Waals surface area contributed by atoms with Crippen molar-refractivity contribution in [2.24, 2.45) is 5.84 Å². The second-order valence-electron chi connectivity index (χ2n) is 3.42. The van der Waals surface area contributed by atoms with Crippen LogP contribution in [0.3, 0.4) is 0 Å². The maximum atomic E-state index is 12.1. The van der Waals surface area contributed by atoms with Crippen LogP contribution in [0.5, 0.6) is 0 Å². The summed E-state index contributed by atoms with van der Waals surface area (Å²) in [5, 5.41) is 1.89. The third-order valence-electron chi connectivity index (χ3n) is 2.25. The Balaban J connectivity index is 2.20. The van der Waals surface area contributed by atoms with Crippen molar-refractivity contribution >= 4 is 27.0 Å². The smallest absolute Gasteiger partial charge is 0.244 e. The van der Waals surface area contributed by atoms with Crippen LogP contribution in [0.15, 0.2) is 40.9 Å². The van der Waals surface area contributed by atoms with Gasteiger partial charge in [0.05, 0.1) is 5.69 Å². The van der Waals surface area contributed by atoms with Gasteiger partial charge in [0.15, 0.2) is 0 Å². The van der Waals surface area contributed by atoms with Crippen molar-refractivity contribution in [3.63, 3.8) is 0 Å². The zero-order valence-corrected chi connectivity index (χ0v) is 11.0. The topological polar surface area (TPSA) is 97.1 Å². The zero-order valence-electron chi connectivity index (χ0n) is 9.33. The number of hydrazine groups is 1. The minimum Gasteiger partial charge on any atom is -0.323 e. The van der Waals surface area contributed by atoms with Crippen molar-refractivity contribution in [1.82, 2.24) is 9.71 Å². The molecule has 18 heavy (non-hydrogen) atoms. The molecule has 6 nitrogen and oxygen atoms in total. The van der Waals surface area contributed by atoms with Crippen molar-refractivity contribution in [2.75, 3.05) is 5.43 Å². The number of thiophene rings is 1. The molecule has 0 aliphatic carbocycles. The van der Waals surface area contributed by atoms with Crippen LogP contribution in [0.4, 0.5) is 5.69 Å². The summed E-state index contributed by atoms with van der Waals surface area (Å²) >= 11 is 1.49. The molecule has 0 bridgehead atoms. The van der Waals surface area contributed by atoms with Crippen molar-refractivity contribution in [1.29, 1.82) is 0 Å². The van der Waals surface area contributed by atoms with Gasteiger partial charge in [-0.2, -0.15) is 0 Å². The molecule has 0 unspecified atom stereocenters. The lowest BCUT2D eigenvalue weighted by atomic mass is 10.4. The average molecular weight is 284 g/mol. The summed E-state index contributed by atoms with van der Waals surface area (Å²) in [6, 6.07) is 5.23. The van der Waals surface area contributed by atoms with Crippen molar-refractivity contribution in [3.05, 3.63) is 40.8 Å². The minimum atomic E-state index is -3.63. The van der Waals surface area contributed by atoms with E-state index in [-0.39, 0.29) is 11.4 Å². The number of rotatable bonds is 5. The SMILES string of the molecule is NNc1ccncc1S(=O)(=O)NCc1cccs1. The van der Waals surface area contributed by atoms with Gasteiger partial charge in [-0.3, -0.25) is 10.8 Å². The number of sulfonamides is 1. The van der Waals surface area contributed by atoms with Crippen LogP contribution in [-0.2, 0) is 16.6 Å². The van der Waals surface area contributed by atoms with E-state index in [2.05, 4.69) is 15.1 Å². The van der Waals surface area contributed by atoms with E-state index in [0.29, 0.717) is 5.69 Å². The average Bonchev–Trinajstić information content (AvgIpc) is 2.89. The highest BCUT2D eigenvalue weighted by atomic mass is 32.2. The number of pyridine rings is 1. The standard InChI is InChI=1S/C10H12N4O2S2/c11-14-9-3-4-12-7-10(9)18(15,16)13-6-8-2-1-5-17-8/h1-5,7,13H,6,11H2,(H,12,14). The van der Waals surface area contributed by atoms with E-state index in [0.717, 1.165) is 4.88 Å². The van der Waals surface area contributed by atoms with Crippen LogP contribution >= 0.6 is 11.3 Å². The van der Waals surface area contributed by atoms with E-state index in [9.17, 15) is 8.42 Å². The first-order chi connectivity index (χ1) is 8.63. The molecular formula is C10H12N4O2S2. The Labute approximate surface area is 109 Å². The highest BCUT2D eigenvalue weighted by molar-refractivity contribution is 7.89. The van der Waals surface area contributed by atoms with Crippen LogP contribution in [0.25, 0.3) is 0 Å². The lowest BCUT2D eigenvalue weighted by Gasteiger charge is -2.09. The number of nitrogens with two attached hydrogens (primary N) is 1. The molecule has 2 heterocycles. The van der Waals surface area contributed by atoms with Gasteiger partial charge in [-0.1, -0.05) is 6.07 Å². The van der Waals surface area contributed by atoms with E-state index in [4.69, 9.17) is 5.84 Å². The molecular weight excluding hydrogens is 272 g/mol. The fourth-order valence-corrected chi connectivity index (χ4v) is 3.22. The molecule has 8 heteroatoms. The molecule has 0 spiro atoms. The molecule has 0 amide bonds. The van der Waals surface area contributed by atoms with Gasteiger partial charge < -0.3 is 5.43 Å². The maximum Gasteiger partial charge on any atom is 0.244 e. The number of hydrogen-bond acceptors (Lipinski definition) is 6. The highest BCUT2D eigenvalue weighted by Gasteiger charge is 2.18. The largest absolute Gasteiger partial charge is 0.323 e. The summed E-state index contributed by atoms with van der Waals surface area (Å²) in [6.45, 7) is 0.249. The number of nitrogen functional groups attached to an aromatic ring is 1. The van der Waals surface area contributed by atoms with E-state index in [1.807, 2.05) is 17.5 Å². The lowest BCUT2D eigenvalue weighted by Crippen LogP contribution is -2.24. The van der Waals surface area contributed by atoms with Crippen molar-refractivity contribution in [2.45, 2.75) is 11.4 Å². The Morgan fingerprint density at radius 3 is 2.89 bits per heavy atom. The van der Waals surface area contributed by atoms with Crippen molar-refractivity contribution < 1.29 is 8.42 Å². The minimum absolute atomic E-state index is 0.0315. The molecule has 0 saturated heterocycles. The normalized spacial score (nSPS) is 11.4. The fourth-order valence-electron chi connectivity index (χ4n) is 1.37. The molecule has 96 valence electrons. The molecule has 0 atom stereocenters. The summed E-state index contributed by atoms with van der Waals surface area (Å²) in [4.78, 5) is 4.76. The molecule has 2 rings (SSSR count). The van der Waals surface area contributed by atoms with Gasteiger partial charge in [0.1, 0.15) is 4.90 Å². The predicted octanol–water partition coefficient (Wildman–Crippen LogP) is 0.907. The van der Waals surface area contributed by atoms with Gasteiger partial charge in [-0.25, -0.2) is 13.1 Å². The molecule has 0 fully saturated rings. The molecule has 2 aromatic rings. The van der Waals surface area contributed by atoms with E-state index < -0.39 is 10.0 Å². The maximum absolute atomic E-state index is 12.1. The number of hydrogen-bond donors (Lipinski definition) is 3. The van der Waals surface area contributed by atoms with Crippen LogP contribution in [0.2, 0.25) is 0 Å². The Bertz CT molecular complexity index is 611. The molecule has 2 aromatic heterocycles. The van der Waals surface area contributed by atoms with Gasteiger partial charge >= 0.3 is 0 Å². The third kappa shape index (κ3) is 2.85. The van der Waals surface area contributed by atoms with Gasteiger partial charge in [0.2, 0.25) is 10.0 Å². The number of nitrogens with zero attached hydrogens (tertiary/aromatic N) is 1. The van der Waals surface area contributed by atoms with E-state index in [1.165, 1.54) is 29.8 Å². The van der Waals surface area contributed by atoms with Gasteiger partial charge in [-0.05, 0) is 17.5 Å². The summed E-state index contributed by atoms with van der Waals surface area (Å²) in [5.41, 5.74) is 2.65. The second-order valence-corrected chi connectivity index (χ2v) is 6.19. The first-order valence-electron chi connectivity index (χ1n) is 5.06. The molecule has 0 saturated carbocycles. The van der Waals surface area contributed by atoms with E-state index >= 15 is 0 Å². The van der Waals surface area contributed by atoms with Crippen molar-refractivity contribution in [3.8, 4) is 0 Å². The number of nitrogens with one attached hydrogen (secondary N) is 2. The Hall–Kier alpha value is -1.48. The predicted molar refractivity (Wildman–Crippen MR) is 70.4 cm³/mol. The summed E-state index contributed by atoms with van der Waals surface area (Å²) in [7, 11) is -3.63. The zero-order chi connectivity index (χ0) is 13.0. The van der Waals surface area contributed by atoms with Crippen LogP contribution in [-0.4, -0.2) is 13.4 Å². The Kier molecular flexibility index (Phi) is 3.92. The molecule has 0 aliphatic heterocycles. The lowest BCUT2D eigenvalue weighted by molar-refractivity contribution is 0.581. The molecule has 4 N–H and O–H groups in total. The van der Waals surface area contributed by atoms with Crippen LogP contribution in [0.1, 0.15) is 4.88 Å². The number of anilines is 1. The van der Waals surface area contributed by atoms with E-state index in [1.54, 1.807) is 0 Å². The summed E-state index contributed by atoms with van der Waals surface area (Å²) in [5.74, 6) is 5.27.